The topological polar surface area (TPSA) is 38.0 Å². The van der Waals surface area contributed by atoms with E-state index in [1.54, 1.807) is 0 Å². The number of benzene rings is 1. The van der Waals surface area contributed by atoms with Crippen LogP contribution in [0.2, 0.25) is 0 Å². The van der Waals surface area contributed by atoms with Crippen LogP contribution in [0, 0.1) is 0 Å². The lowest BCUT2D eigenvalue weighted by Crippen LogP contribution is -2.42. The van der Waals surface area contributed by atoms with Crippen LogP contribution in [0.4, 0.5) is 0 Å². The van der Waals surface area contributed by atoms with E-state index >= 15 is 0 Å². The molecule has 1 aromatic rings. The number of fused-ring (bicyclic) bond motifs is 1. The first kappa shape index (κ1) is 12.9. The zero-order valence-corrected chi connectivity index (χ0v) is 11.6. The van der Waals surface area contributed by atoms with Crippen molar-refractivity contribution in [1.29, 1.82) is 0 Å². The fourth-order valence-corrected chi connectivity index (χ4v) is 3.07. The van der Waals surface area contributed by atoms with Gasteiger partial charge in [0.05, 0.1) is 0 Å². The summed E-state index contributed by atoms with van der Waals surface area (Å²) in [5.74, 6) is 1.27. The summed E-state index contributed by atoms with van der Waals surface area (Å²) in [6.07, 6.45) is 2.54. The number of thioether (sulfide) groups is 1. The molecule has 0 saturated carbocycles. The lowest BCUT2D eigenvalue weighted by atomic mass is 10.1. The van der Waals surface area contributed by atoms with E-state index in [1.807, 2.05) is 25.6 Å². The fourth-order valence-electron chi connectivity index (χ4n) is 2.05. The second-order valence-electron chi connectivity index (χ2n) is 5.49. The molecule has 3 N–H and O–H groups in total. The maximum Gasteiger partial charge on any atom is 0.0223 e. The molecule has 1 aliphatic rings. The van der Waals surface area contributed by atoms with Crippen molar-refractivity contribution in [3.8, 4) is 0 Å². The van der Waals surface area contributed by atoms with Gasteiger partial charge in [-0.25, -0.2) is 0 Å². The Kier molecular flexibility index (Phi) is 4.13. The van der Waals surface area contributed by atoms with Crippen molar-refractivity contribution >= 4 is 11.8 Å². The molecule has 1 aliphatic heterocycles. The maximum absolute atomic E-state index is 5.94. The van der Waals surface area contributed by atoms with E-state index in [2.05, 4.69) is 23.5 Å². The Balaban J connectivity index is 1.93. The summed E-state index contributed by atoms with van der Waals surface area (Å²) in [6.45, 7) is 5.85. The van der Waals surface area contributed by atoms with Gasteiger partial charge in [-0.2, -0.15) is 0 Å². The van der Waals surface area contributed by atoms with Crippen LogP contribution in [0.1, 0.15) is 31.4 Å². The van der Waals surface area contributed by atoms with Gasteiger partial charge < -0.3 is 11.1 Å². The van der Waals surface area contributed by atoms with E-state index in [0.29, 0.717) is 0 Å². The van der Waals surface area contributed by atoms with Crippen molar-refractivity contribution in [2.75, 3.05) is 12.3 Å². The van der Waals surface area contributed by atoms with Crippen LogP contribution in [0.5, 0.6) is 0 Å². The van der Waals surface area contributed by atoms with Gasteiger partial charge in [-0.1, -0.05) is 12.1 Å². The summed E-state index contributed by atoms with van der Waals surface area (Å²) in [6, 6.07) is 6.84. The monoisotopic (exact) mass is 250 g/mol. The SMILES string of the molecule is CC(C)(N)CNCc1ccc2c(c1)CCCS2. The van der Waals surface area contributed by atoms with Crippen LogP contribution in [-0.4, -0.2) is 17.8 Å². The Morgan fingerprint density at radius 2 is 2.24 bits per heavy atom. The van der Waals surface area contributed by atoms with Gasteiger partial charge in [-0.3, -0.25) is 0 Å². The van der Waals surface area contributed by atoms with Gasteiger partial charge in [0.1, 0.15) is 0 Å². The summed E-state index contributed by atoms with van der Waals surface area (Å²) in [4.78, 5) is 1.47. The number of nitrogens with two attached hydrogens (primary N) is 1. The summed E-state index contributed by atoms with van der Waals surface area (Å²) in [7, 11) is 0. The third-order valence-corrected chi connectivity index (χ3v) is 4.08. The molecule has 0 amide bonds. The number of hydrogen-bond donors (Lipinski definition) is 2. The minimum Gasteiger partial charge on any atom is -0.324 e. The highest BCUT2D eigenvalue weighted by atomic mass is 32.2. The molecule has 0 bridgehead atoms. The lowest BCUT2D eigenvalue weighted by Gasteiger charge is -2.20. The van der Waals surface area contributed by atoms with E-state index < -0.39 is 0 Å². The molecule has 2 rings (SSSR count). The summed E-state index contributed by atoms with van der Waals surface area (Å²) in [5, 5.41) is 3.42. The van der Waals surface area contributed by atoms with Crippen LogP contribution in [0.15, 0.2) is 23.1 Å². The summed E-state index contributed by atoms with van der Waals surface area (Å²) < 4.78 is 0. The second kappa shape index (κ2) is 5.42. The largest absolute Gasteiger partial charge is 0.324 e. The second-order valence-corrected chi connectivity index (χ2v) is 6.62. The van der Waals surface area contributed by atoms with Gasteiger partial charge in [-0.15, -0.1) is 11.8 Å². The van der Waals surface area contributed by atoms with Crippen molar-refractivity contribution in [3.05, 3.63) is 29.3 Å². The quantitative estimate of drug-likeness (QED) is 0.862. The minimum atomic E-state index is -0.135. The van der Waals surface area contributed by atoms with Crippen molar-refractivity contribution in [3.63, 3.8) is 0 Å². The van der Waals surface area contributed by atoms with E-state index in [4.69, 9.17) is 5.73 Å². The molecule has 0 unspecified atom stereocenters. The van der Waals surface area contributed by atoms with Crippen LogP contribution in [0.25, 0.3) is 0 Å². The molecule has 0 fully saturated rings. The Hall–Kier alpha value is -0.510. The molecule has 17 heavy (non-hydrogen) atoms. The Morgan fingerprint density at radius 3 is 3.00 bits per heavy atom. The third kappa shape index (κ3) is 4.02. The van der Waals surface area contributed by atoms with E-state index in [9.17, 15) is 0 Å². The molecular formula is C14H22N2S. The molecular weight excluding hydrogens is 228 g/mol. The highest BCUT2D eigenvalue weighted by Crippen LogP contribution is 2.30. The molecule has 3 heteroatoms. The fraction of sp³-hybridized carbons (Fsp3) is 0.571. The first-order chi connectivity index (χ1) is 8.04. The number of hydrogen-bond acceptors (Lipinski definition) is 3. The van der Waals surface area contributed by atoms with Crippen LogP contribution in [0.3, 0.4) is 0 Å². The van der Waals surface area contributed by atoms with Gasteiger partial charge in [0.15, 0.2) is 0 Å². The molecule has 0 aromatic heterocycles. The first-order valence-corrected chi connectivity index (χ1v) is 7.27. The average Bonchev–Trinajstić information content (AvgIpc) is 2.27. The van der Waals surface area contributed by atoms with Gasteiger partial charge in [0.2, 0.25) is 0 Å². The molecule has 0 radical (unpaired) electrons. The van der Waals surface area contributed by atoms with Gasteiger partial charge >= 0.3 is 0 Å². The van der Waals surface area contributed by atoms with Gasteiger partial charge in [0, 0.05) is 23.5 Å². The molecule has 94 valence electrons. The van der Waals surface area contributed by atoms with Crippen LogP contribution < -0.4 is 11.1 Å². The summed E-state index contributed by atoms with van der Waals surface area (Å²) in [5.41, 5.74) is 8.70. The molecule has 0 aliphatic carbocycles. The normalized spacial score (nSPS) is 15.7. The zero-order chi connectivity index (χ0) is 12.3. The van der Waals surface area contributed by atoms with Crippen LogP contribution >= 0.6 is 11.8 Å². The van der Waals surface area contributed by atoms with Gasteiger partial charge in [0.25, 0.3) is 0 Å². The van der Waals surface area contributed by atoms with Crippen molar-refractivity contribution in [2.45, 2.75) is 43.7 Å². The van der Waals surface area contributed by atoms with Crippen molar-refractivity contribution < 1.29 is 0 Å². The molecule has 0 saturated heterocycles. The molecule has 0 spiro atoms. The van der Waals surface area contributed by atoms with E-state index in [-0.39, 0.29) is 5.54 Å². The minimum absolute atomic E-state index is 0.135. The number of rotatable bonds is 4. The van der Waals surface area contributed by atoms with E-state index in [0.717, 1.165) is 13.1 Å². The number of nitrogens with one attached hydrogen (secondary N) is 1. The smallest absolute Gasteiger partial charge is 0.0223 e. The molecule has 0 atom stereocenters. The van der Waals surface area contributed by atoms with Gasteiger partial charge in [-0.05, 0) is 49.6 Å². The van der Waals surface area contributed by atoms with Crippen molar-refractivity contribution in [1.82, 2.24) is 5.32 Å². The first-order valence-electron chi connectivity index (χ1n) is 6.29. The average molecular weight is 250 g/mol. The Labute approximate surface area is 108 Å². The number of aryl methyl sites for hydroxylation is 1. The molecule has 1 heterocycles. The molecule has 1 aromatic carbocycles. The standard InChI is InChI=1S/C14H22N2S/c1-14(2,15)10-16-9-11-5-6-13-12(8-11)4-3-7-17-13/h5-6,8,16H,3-4,7,9-10,15H2,1-2H3. The van der Waals surface area contributed by atoms with Crippen LogP contribution in [-0.2, 0) is 13.0 Å². The highest BCUT2D eigenvalue weighted by Gasteiger charge is 2.11. The summed E-state index contributed by atoms with van der Waals surface area (Å²) >= 11 is 1.99. The Bertz CT molecular complexity index is 382. The maximum atomic E-state index is 5.94. The van der Waals surface area contributed by atoms with E-state index in [1.165, 1.54) is 34.6 Å². The predicted octanol–water partition coefficient (Wildman–Crippen LogP) is 2.55. The lowest BCUT2D eigenvalue weighted by molar-refractivity contribution is 0.466. The Morgan fingerprint density at radius 1 is 1.41 bits per heavy atom. The molecule has 2 nitrogen and oxygen atoms in total. The zero-order valence-electron chi connectivity index (χ0n) is 10.8. The highest BCUT2D eigenvalue weighted by molar-refractivity contribution is 7.99. The van der Waals surface area contributed by atoms with Crippen molar-refractivity contribution in [2.24, 2.45) is 5.73 Å². The third-order valence-electron chi connectivity index (χ3n) is 2.88. The predicted molar refractivity (Wildman–Crippen MR) is 75.5 cm³/mol.